The topological polar surface area (TPSA) is 162 Å². The van der Waals surface area contributed by atoms with Gasteiger partial charge in [0.15, 0.2) is 0 Å². The van der Waals surface area contributed by atoms with Crippen molar-refractivity contribution in [3.05, 3.63) is 0 Å². The third-order valence-corrected chi connectivity index (χ3v) is 0. The van der Waals surface area contributed by atoms with Gasteiger partial charge in [-0.3, -0.25) is 0 Å². The van der Waals surface area contributed by atoms with E-state index in [4.69, 9.17) is 38.4 Å². The molecule has 72 valence electrons. The molecule has 0 aliphatic carbocycles. The third-order valence-electron chi connectivity index (χ3n) is 0. The molecule has 0 aliphatic heterocycles. The Hall–Kier alpha value is 1.36. The summed E-state index contributed by atoms with van der Waals surface area (Å²) in [5.41, 5.74) is 0. The molecule has 0 amide bonds. The van der Waals surface area contributed by atoms with Crippen LogP contribution in [0.25, 0.3) is 0 Å². The number of halogens is 1. The first-order valence-corrected chi connectivity index (χ1v) is 4.97. The monoisotopic (exact) mass is 252 g/mol. The second-order valence-corrected chi connectivity index (χ2v) is 3.26. The summed E-state index contributed by atoms with van der Waals surface area (Å²) in [6.45, 7) is 0. The van der Waals surface area contributed by atoms with E-state index >= 15 is 0 Å². The molecular formula is H6CaFO8PSi. The molecule has 0 atom stereocenters. The van der Waals surface area contributed by atoms with Crippen LogP contribution in [0.2, 0.25) is 0 Å². The van der Waals surface area contributed by atoms with E-state index in [1.807, 2.05) is 0 Å². The van der Waals surface area contributed by atoms with Gasteiger partial charge in [-0.15, -0.1) is 0 Å². The Bertz CT molecular complexity index is 111. The van der Waals surface area contributed by atoms with E-state index in [9.17, 15) is 0 Å². The Morgan fingerprint density at radius 1 is 1.08 bits per heavy atom. The zero-order valence-corrected chi connectivity index (χ0v) is 9.63. The zero-order valence-electron chi connectivity index (χ0n) is 5.53. The molecule has 12 heteroatoms. The van der Waals surface area contributed by atoms with E-state index in [1.165, 1.54) is 0 Å². The predicted octanol–water partition coefficient (Wildman–Crippen LogP) is -7.55. The summed E-state index contributed by atoms with van der Waals surface area (Å²) in [6, 6.07) is 0. The van der Waals surface area contributed by atoms with Gasteiger partial charge in [0, 0.05) is 0 Å². The van der Waals surface area contributed by atoms with Crippen LogP contribution in [0, 0.1) is 0 Å². The summed E-state index contributed by atoms with van der Waals surface area (Å²) in [5, 5.41) is 0. The maximum atomic E-state index is 8.91. The van der Waals surface area contributed by atoms with Crippen molar-refractivity contribution < 1.29 is 43.1 Å². The predicted molar refractivity (Wildman–Crippen MR) is 32.4 cm³/mol. The molecule has 0 unspecified atom stereocenters. The molecule has 0 spiro atoms. The largest absolute Gasteiger partial charge is 2.00 e. The third kappa shape index (κ3) is 662. The van der Waals surface area contributed by atoms with Crippen molar-refractivity contribution in [2.24, 2.45) is 0 Å². The second-order valence-electron chi connectivity index (χ2n) is 1.09. The molecule has 6 N–H and O–H groups in total. The van der Waals surface area contributed by atoms with Gasteiger partial charge in [-0.25, -0.2) is 4.57 Å². The van der Waals surface area contributed by atoms with Crippen LogP contribution in [0.3, 0.4) is 0 Å². The van der Waals surface area contributed by atoms with Crippen LogP contribution in [0.4, 0.5) is 0 Å². The van der Waals surface area contributed by atoms with Crippen LogP contribution in [-0.2, 0) is 4.57 Å². The van der Waals surface area contributed by atoms with Crippen molar-refractivity contribution in [2.45, 2.75) is 0 Å². The van der Waals surface area contributed by atoms with Gasteiger partial charge in [-0.2, -0.15) is 0 Å². The summed E-state index contributed by atoms with van der Waals surface area (Å²) in [4.78, 5) is 52.1. The maximum absolute atomic E-state index is 8.91. The zero-order chi connectivity index (χ0) is 9.00. The molecule has 0 rings (SSSR count). The van der Waals surface area contributed by atoms with Gasteiger partial charge in [0.05, 0.1) is 0 Å². The average molecular weight is 252 g/mol. The van der Waals surface area contributed by atoms with Crippen LogP contribution in [0.1, 0.15) is 0 Å². The van der Waals surface area contributed by atoms with Gasteiger partial charge in [0.2, 0.25) is 0 Å². The van der Waals surface area contributed by atoms with Crippen molar-refractivity contribution in [1.29, 1.82) is 0 Å². The Kier molecular flexibility index (Phi) is 17.3. The summed E-state index contributed by atoms with van der Waals surface area (Å²) in [5.74, 6) is 0. The van der Waals surface area contributed by atoms with Crippen LogP contribution < -0.4 is 9.50 Å². The molecule has 0 radical (unpaired) electrons. The molecule has 0 fully saturated rings. The average Bonchev–Trinajstić information content (AvgIpc) is 1.12. The summed E-state index contributed by atoms with van der Waals surface area (Å²) in [6.07, 6.45) is 0. The summed E-state index contributed by atoms with van der Waals surface area (Å²) in [7, 11) is -9.50. The molecule has 0 aromatic rings. The van der Waals surface area contributed by atoms with Gasteiger partial charge in [0.25, 0.3) is 0 Å². The first kappa shape index (κ1) is 23.3. The first-order valence-electron chi connectivity index (χ1n) is 1.66. The van der Waals surface area contributed by atoms with Crippen LogP contribution in [0.15, 0.2) is 0 Å². The fraction of sp³-hybridized carbons (Fsp3) is 0. The number of hydrogen-bond acceptors (Lipinski definition) is 5. The normalized spacial score (nSPS) is 9.92. The Labute approximate surface area is 97.2 Å². The number of phosphoric acid groups is 1. The van der Waals surface area contributed by atoms with E-state index in [0.29, 0.717) is 0 Å². The molecule has 0 bridgehead atoms. The van der Waals surface area contributed by atoms with Gasteiger partial charge >= 0.3 is 54.6 Å². The molecule has 0 aliphatic rings. The van der Waals surface area contributed by atoms with Gasteiger partial charge in [-0.1, -0.05) is 0 Å². The summed E-state index contributed by atoms with van der Waals surface area (Å²) >= 11 is 0. The van der Waals surface area contributed by atoms with E-state index in [-0.39, 0.29) is 42.4 Å². The van der Waals surface area contributed by atoms with Gasteiger partial charge in [0.1, 0.15) is 0 Å². The Morgan fingerprint density at radius 3 is 1.08 bits per heavy atom. The van der Waals surface area contributed by atoms with Crippen molar-refractivity contribution in [3.63, 3.8) is 0 Å². The van der Waals surface area contributed by atoms with E-state index in [0.717, 1.165) is 0 Å². The molecule has 8 nitrogen and oxygen atoms in total. The fourth-order valence-electron chi connectivity index (χ4n) is 0. The SMILES string of the molecule is O=P(O)(O)O.[Ca+2].[F-].[O-][Si](O)(O)O. The fourth-order valence-corrected chi connectivity index (χ4v) is 0. The van der Waals surface area contributed by atoms with E-state index in [1.54, 1.807) is 0 Å². The van der Waals surface area contributed by atoms with Crippen LogP contribution in [-0.4, -0.2) is 75.9 Å². The second kappa shape index (κ2) is 8.93. The molecule has 12 heavy (non-hydrogen) atoms. The summed E-state index contributed by atoms with van der Waals surface area (Å²) < 4.78 is 8.88. The van der Waals surface area contributed by atoms with Gasteiger partial charge in [-0.05, 0) is 0 Å². The molecule has 0 saturated heterocycles. The standard InChI is InChI=1S/Ca.FH.H3O4P.H3O4Si/c;;2*1-5(2,3)4/h;1H;(H3,1,2,3,4);1-3H/q+2;;;-1/p-1. The smallest absolute Gasteiger partial charge is 1.00 e. The van der Waals surface area contributed by atoms with Crippen molar-refractivity contribution in [3.8, 4) is 0 Å². The van der Waals surface area contributed by atoms with E-state index in [2.05, 4.69) is 0 Å². The Morgan fingerprint density at radius 2 is 1.08 bits per heavy atom. The van der Waals surface area contributed by atoms with Crippen molar-refractivity contribution >= 4 is 54.6 Å². The minimum atomic E-state index is -4.86. The molecule has 0 aromatic heterocycles. The quantitative estimate of drug-likeness (QED) is 0.183. The van der Waals surface area contributed by atoms with Gasteiger partial charge < -0.3 is 38.6 Å². The number of rotatable bonds is 0. The maximum Gasteiger partial charge on any atom is 2.00 e. The van der Waals surface area contributed by atoms with Crippen LogP contribution in [0.5, 0.6) is 0 Å². The number of hydrogen-bond donors (Lipinski definition) is 6. The first-order chi connectivity index (χ1) is 4.00. The van der Waals surface area contributed by atoms with Crippen molar-refractivity contribution in [1.82, 2.24) is 0 Å². The minimum absolute atomic E-state index is 0. The molecular weight excluding hydrogens is 246 g/mol. The van der Waals surface area contributed by atoms with Crippen LogP contribution >= 0.6 is 7.82 Å². The minimum Gasteiger partial charge on any atom is -1.00 e. The molecule has 0 aromatic carbocycles. The molecule has 0 heterocycles. The Balaban J connectivity index is -0.0000000457. The van der Waals surface area contributed by atoms with Crippen molar-refractivity contribution in [2.75, 3.05) is 0 Å². The van der Waals surface area contributed by atoms with E-state index < -0.39 is 16.9 Å². The molecule has 0 saturated carbocycles.